The van der Waals surface area contributed by atoms with Crippen LogP contribution in [-0.2, 0) is 16.1 Å². The van der Waals surface area contributed by atoms with E-state index in [9.17, 15) is 14.0 Å². The Hall–Kier alpha value is -2.69. The lowest BCUT2D eigenvalue weighted by atomic mass is 10.1. The molecular formula is C16H14FNO3. The summed E-state index contributed by atoms with van der Waals surface area (Å²) in [6.07, 6.45) is 0.682. The van der Waals surface area contributed by atoms with Crippen LogP contribution in [0.4, 0.5) is 10.1 Å². The Labute approximate surface area is 121 Å². The van der Waals surface area contributed by atoms with Gasteiger partial charge < -0.3 is 9.64 Å². The Kier molecular flexibility index (Phi) is 4.66. The molecule has 0 spiro atoms. The fraction of sp³-hybridized carbons (Fsp3) is 0.125. The van der Waals surface area contributed by atoms with Gasteiger partial charge in [-0.3, -0.25) is 4.79 Å². The van der Waals surface area contributed by atoms with Crippen molar-refractivity contribution >= 4 is 18.1 Å². The molecule has 0 unspecified atom stereocenters. The lowest BCUT2D eigenvalue weighted by Gasteiger charge is -2.17. The number of methoxy groups -OCH3 is 1. The van der Waals surface area contributed by atoms with Gasteiger partial charge in [-0.05, 0) is 42.0 Å². The first kappa shape index (κ1) is 14.7. The van der Waals surface area contributed by atoms with Crippen LogP contribution >= 0.6 is 0 Å². The fourth-order valence-corrected chi connectivity index (χ4v) is 1.88. The normalized spacial score (nSPS) is 10.0. The molecule has 0 N–H and O–H groups in total. The van der Waals surface area contributed by atoms with Gasteiger partial charge in [0.25, 0.3) is 0 Å². The number of halogens is 1. The van der Waals surface area contributed by atoms with E-state index in [4.69, 9.17) is 0 Å². The number of rotatable bonds is 5. The van der Waals surface area contributed by atoms with Crippen LogP contribution in [0, 0.1) is 5.82 Å². The number of esters is 1. The highest BCUT2D eigenvalue weighted by Crippen LogP contribution is 2.16. The van der Waals surface area contributed by atoms with Crippen molar-refractivity contribution in [3.05, 3.63) is 65.5 Å². The van der Waals surface area contributed by atoms with Crippen LogP contribution in [0.25, 0.3) is 0 Å². The summed E-state index contributed by atoms with van der Waals surface area (Å²) in [5.41, 5.74) is 1.89. The molecule has 21 heavy (non-hydrogen) atoms. The van der Waals surface area contributed by atoms with Gasteiger partial charge in [-0.15, -0.1) is 0 Å². The first-order valence-electron chi connectivity index (χ1n) is 6.29. The highest BCUT2D eigenvalue weighted by atomic mass is 19.1. The number of amides is 1. The summed E-state index contributed by atoms with van der Waals surface area (Å²) in [5.74, 6) is -0.764. The Balaban J connectivity index is 2.13. The molecule has 1 amide bonds. The number of anilines is 1. The van der Waals surface area contributed by atoms with E-state index in [-0.39, 0.29) is 5.82 Å². The van der Waals surface area contributed by atoms with Crippen molar-refractivity contribution < 1.29 is 18.7 Å². The second kappa shape index (κ2) is 6.65. The predicted molar refractivity (Wildman–Crippen MR) is 76.4 cm³/mol. The maximum absolute atomic E-state index is 12.9. The van der Waals surface area contributed by atoms with Crippen molar-refractivity contribution in [2.75, 3.05) is 12.0 Å². The van der Waals surface area contributed by atoms with E-state index in [1.807, 2.05) is 0 Å². The van der Waals surface area contributed by atoms with Gasteiger partial charge in [-0.1, -0.05) is 12.1 Å². The molecule has 0 saturated heterocycles. The second-order valence-electron chi connectivity index (χ2n) is 4.40. The number of ether oxygens (including phenoxy) is 1. The summed E-state index contributed by atoms with van der Waals surface area (Å²) in [6.45, 7) is 0.330. The van der Waals surface area contributed by atoms with Crippen LogP contribution < -0.4 is 4.90 Å². The zero-order chi connectivity index (χ0) is 15.2. The summed E-state index contributed by atoms with van der Waals surface area (Å²) in [6, 6.07) is 12.4. The minimum Gasteiger partial charge on any atom is -0.465 e. The van der Waals surface area contributed by atoms with Gasteiger partial charge in [0.05, 0.1) is 19.2 Å². The largest absolute Gasteiger partial charge is 0.465 e. The summed E-state index contributed by atoms with van der Waals surface area (Å²) in [7, 11) is 1.32. The third-order valence-corrected chi connectivity index (χ3v) is 3.01. The molecule has 4 nitrogen and oxygen atoms in total. The zero-order valence-electron chi connectivity index (χ0n) is 11.5. The monoisotopic (exact) mass is 287 g/mol. The SMILES string of the molecule is COC(=O)c1ccc(CN(C=O)c2ccc(F)cc2)cc1. The summed E-state index contributed by atoms with van der Waals surface area (Å²) >= 11 is 0. The molecule has 0 fully saturated rings. The maximum Gasteiger partial charge on any atom is 0.337 e. The first-order valence-corrected chi connectivity index (χ1v) is 6.29. The molecular weight excluding hydrogens is 273 g/mol. The Morgan fingerprint density at radius 1 is 1.14 bits per heavy atom. The zero-order valence-corrected chi connectivity index (χ0v) is 11.5. The van der Waals surface area contributed by atoms with Crippen LogP contribution in [-0.4, -0.2) is 19.5 Å². The van der Waals surface area contributed by atoms with Gasteiger partial charge in [-0.25, -0.2) is 9.18 Å². The standard InChI is InChI=1S/C16H14FNO3/c1-21-16(20)13-4-2-12(3-5-13)10-18(11-19)15-8-6-14(17)7-9-15/h2-9,11H,10H2,1H3. The third-order valence-electron chi connectivity index (χ3n) is 3.01. The Bertz CT molecular complexity index is 623. The van der Waals surface area contributed by atoms with E-state index in [2.05, 4.69) is 4.74 Å². The van der Waals surface area contributed by atoms with Crippen molar-refractivity contribution in [3.8, 4) is 0 Å². The van der Waals surface area contributed by atoms with Crippen LogP contribution in [0.2, 0.25) is 0 Å². The van der Waals surface area contributed by atoms with E-state index in [0.29, 0.717) is 24.2 Å². The molecule has 2 rings (SSSR count). The number of benzene rings is 2. The molecule has 0 atom stereocenters. The van der Waals surface area contributed by atoms with Crippen LogP contribution in [0.1, 0.15) is 15.9 Å². The van der Waals surface area contributed by atoms with Crippen molar-refractivity contribution in [2.45, 2.75) is 6.54 Å². The molecule has 2 aromatic carbocycles. The molecule has 0 aromatic heterocycles. The van der Waals surface area contributed by atoms with E-state index < -0.39 is 5.97 Å². The summed E-state index contributed by atoms with van der Waals surface area (Å²) in [5, 5.41) is 0. The third kappa shape index (κ3) is 3.66. The number of carbonyl (C=O) groups is 2. The van der Waals surface area contributed by atoms with Crippen LogP contribution in [0.15, 0.2) is 48.5 Å². The number of nitrogens with zero attached hydrogens (tertiary/aromatic N) is 1. The molecule has 0 aliphatic rings. The van der Waals surface area contributed by atoms with Crippen molar-refractivity contribution in [2.24, 2.45) is 0 Å². The summed E-state index contributed by atoms with van der Waals surface area (Å²) in [4.78, 5) is 24.0. The van der Waals surface area contributed by atoms with Crippen molar-refractivity contribution in [1.29, 1.82) is 0 Å². The van der Waals surface area contributed by atoms with Crippen LogP contribution in [0.3, 0.4) is 0 Å². The fourth-order valence-electron chi connectivity index (χ4n) is 1.88. The van der Waals surface area contributed by atoms with Crippen molar-refractivity contribution in [1.82, 2.24) is 0 Å². The van der Waals surface area contributed by atoms with Crippen molar-refractivity contribution in [3.63, 3.8) is 0 Å². The molecule has 0 aliphatic heterocycles. The lowest BCUT2D eigenvalue weighted by Crippen LogP contribution is -2.20. The molecule has 0 saturated carbocycles. The Morgan fingerprint density at radius 3 is 2.29 bits per heavy atom. The highest BCUT2D eigenvalue weighted by molar-refractivity contribution is 5.89. The van der Waals surface area contributed by atoms with E-state index in [1.165, 1.54) is 36.3 Å². The topological polar surface area (TPSA) is 46.6 Å². The Morgan fingerprint density at radius 2 is 1.76 bits per heavy atom. The minimum atomic E-state index is -0.410. The molecule has 2 aromatic rings. The number of carbonyl (C=O) groups excluding carboxylic acids is 2. The molecule has 0 heterocycles. The summed E-state index contributed by atoms with van der Waals surface area (Å²) < 4.78 is 17.5. The highest BCUT2D eigenvalue weighted by Gasteiger charge is 2.08. The van der Waals surface area contributed by atoms with Crippen LogP contribution in [0.5, 0.6) is 0 Å². The average molecular weight is 287 g/mol. The predicted octanol–water partition coefficient (Wildman–Crippen LogP) is 2.78. The van der Waals surface area contributed by atoms with Gasteiger partial charge in [0.1, 0.15) is 5.82 Å². The van der Waals surface area contributed by atoms with Gasteiger partial charge in [0.15, 0.2) is 0 Å². The first-order chi connectivity index (χ1) is 10.1. The van der Waals surface area contributed by atoms with Gasteiger partial charge in [0.2, 0.25) is 6.41 Å². The van der Waals surface area contributed by atoms with Gasteiger partial charge in [0, 0.05) is 5.69 Å². The minimum absolute atomic E-state index is 0.330. The maximum atomic E-state index is 12.9. The van der Waals surface area contributed by atoms with Gasteiger partial charge in [-0.2, -0.15) is 0 Å². The van der Waals surface area contributed by atoms with Gasteiger partial charge >= 0.3 is 5.97 Å². The second-order valence-corrected chi connectivity index (χ2v) is 4.40. The number of hydrogen-bond acceptors (Lipinski definition) is 3. The van der Waals surface area contributed by atoms with E-state index in [0.717, 1.165) is 5.56 Å². The molecule has 5 heteroatoms. The molecule has 0 aliphatic carbocycles. The van der Waals surface area contributed by atoms with E-state index >= 15 is 0 Å². The van der Waals surface area contributed by atoms with E-state index in [1.54, 1.807) is 24.3 Å². The molecule has 0 radical (unpaired) electrons. The smallest absolute Gasteiger partial charge is 0.337 e. The lowest BCUT2D eigenvalue weighted by molar-refractivity contribution is -0.107. The molecule has 0 bridgehead atoms. The quantitative estimate of drug-likeness (QED) is 0.627. The average Bonchev–Trinajstić information content (AvgIpc) is 2.53. The molecule has 108 valence electrons. The number of hydrogen-bond donors (Lipinski definition) is 0.